The van der Waals surface area contributed by atoms with Gasteiger partial charge in [0.2, 0.25) is 0 Å². The molecule has 1 aromatic rings. The lowest BCUT2D eigenvalue weighted by atomic mass is 10.1. The molecule has 23 heavy (non-hydrogen) atoms. The molecule has 0 aliphatic heterocycles. The van der Waals surface area contributed by atoms with E-state index in [1.165, 1.54) is 0 Å². The van der Waals surface area contributed by atoms with Crippen LogP contribution in [0.1, 0.15) is 18.1 Å². The summed E-state index contributed by atoms with van der Waals surface area (Å²) >= 11 is 5.90. The topological polar surface area (TPSA) is 90.9 Å². The molecule has 0 atom stereocenters. The second kappa shape index (κ2) is 8.99. The summed E-state index contributed by atoms with van der Waals surface area (Å²) in [5.41, 5.74) is 1.56. The van der Waals surface area contributed by atoms with Gasteiger partial charge in [-0.2, -0.15) is 0 Å². The van der Waals surface area contributed by atoms with E-state index in [1.54, 1.807) is 32.9 Å². The number of carbonyl (C=O) groups is 3. The Morgan fingerprint density at radius 2 is 1.70 bits per heavy atom. The maximum Gasteiger partial charge on any atom is 0.413 e. The third-order valence-electron chi connectivity index (χ3n) is 2.64. The van der Waals surface area contributed by atoms with Crippen LogP contribution in [0.3, 0.4) is 0 Å². The Labute approximate surface area is 138 Å². The Hall–Kier alpha value is -2.28. The largest absolute Gasteiger partial charge is 0.481 e. The molecule has 0 aliphatic rings. The van der Waals surface area contributed by atoms with Crippen molar-refractivity contribution in [2.24, 2.45) is 0 Å². The summed E-state index contributed by atoms with van der Waals surface area (Å²) in [5.74, 6) is -0.990. The van der Waals surface area contributed by atoms with Gasteiger partial charge in [0.15, 0.2) is 13.2 Å². The number of amides is 2. The Morgan fingerprint density at radius 3 is 2.26 bits per heavy atom. The van der Waals surface area contributed by atoms with Gasteiger partial charge in [-0.05, 0) is 44.0 Å². The zero-order chi connectivity index (χ0) is 17.4. The number of alkyl carbamates (subject to hydrolysis) is 1. The van der Waals surface area contributed by atoms with Crippen molar-refractivity contribution in [2.45, 2.75) is 20.8 Å². The van der Waals surface area contributed by atoms with Gasteiger partial charge >= 0.3 is 12.1 Å². The van der Waals surface area contributed by atoms with Gasteiger partial charge in [0.1, 0.15) is 5.75 Å². The number of benzene rings is 1. The number of esters is 1. The minimum absolute atomic E-state index is 0.131. The summed E-state index contributed by atoms with van der Waals surface area (Å²) in [6.45, 7) is 4.36. The maximum atomic E-state index is 11.6. The molecule has 2 amide bonds. The molecular weight excluding hydrogens is 326 g/mol. The highest BCUT2D eigenvalue weighted by molar-refractivity contribution is 6.30. The van der Waals surface area contributed by atoms with Gasteiger partial charge in [0.05, 0.1) is 6.61 Å². The van der Waals surface area contributed by atoms with Crippen molar-refractivity contribution in [3.8, 4) is 5.75 Å². The molecule has 0 aromatic heterocycles. The number of nitrogens with one attached hydrogen (secondary N) is 1. The fourth-order valence-corrected chi connectivity index (χ4v) is 2.09. The quantitative estimate of drug-likeness (QED) is 0.796. The second-order valence-corrected chi connectivity index (χ2v) is 5.02. The number of hydrogen-bond acceptors (Lipinski definition) is 6. The molecule has 7 nitrogen and oxygen atoms in total. The van der Waals surface area contributed by atoms with Gasteiger partial charge in [-0.1, -0.05) is 11.6 Å². The van der Waals surface area contributed by atoms with E-state index in [4.69, 9.17) is 21.1 Å². The number of halogens is 1. The van der Waals surface area contributed by atoms with Crippen LogP contribution < -0.4 is 10.1 Å². The van der Waals surface area contributed by atoms with E-state index in [2.05, 4.69) is 4.74 Å². The number of ether oxygens (including phenoxy) is 3. The van der Waals surface area contributed by atoms with Crippen LogP contribution in [0, 0.1) is 13.8 Å². The van der Waals surface area contributed by atoms with Gasteiger partial charge in [-0.15, -0.1) is 0 Å². The van der Waals surface area contributed by atoms with Crippen LogP contribution in [0.4, 0.5) is 4.79 Å². The lowest BCUT2D eigenvalue weighted by Crippen LogP contribution is -2.35. The number of imide groups is 1. The van der Waals surface area contributed by atoms with E-state index in [1.807, 2.05) is 5.32 Å². The van der Waals surface area contributed by atoms with Crippen molar-refractivity contribution in [3.05, 3.63) is 28.3 Å². The summed E-state index contributed by atoms with van der Waals surface area (Å²) in [4.78, 5) is 33.8. The molecule has 1 N–H and O–H groups in total. The molecule has 0 bridgehead atoms. The molecule has 8 heteroatoms. The zero-order valence-corrected chi connectivity index (χ0v) is 13.9. The van der Waals surface area contributed by atoms with Crippen molar-refractivity contribution in [3.63, 3.8) is 0 Å². The summed E-state index contributed by atoms with van der Waals surface area (Å²) in [7, 11) is 0. The van der Waals surface area contributed by atoms with Crippen LogP contribution in [0.2, 0.25) is 5.02 Å². The molecule has 1 rings (SSSR count). The van der Waals surface area contributed by atoms with E-state index in [-0.39, 0.29) is 13.2 Å². The molecular formula is C15H18ClNO6. The van der Waals surface area contributed by atoms with Gasteiger partial charge < -0.3 is 14.2 Å². The SMILES string of the molecule is CCOC(=O)NC(=O)COC(=O)COc1c(C)cc(Cl)cc1C. The summed E-state index contributed by atoms with van der Waals surface area (Å²) in [6.07, 6.45) is -0.891. The average molecular weight is 344 g/mol. The maximum absolute atomic E-state index is 11.6. The number of hydrogen-bond donors (Lipinski definition) is 1. The van der Waals surface area contributed by atoms with E-state index >= 15 is 0 Å². The second-order valence-electron chi connectivity index (χ2n) is 4.59. The van der Waals surface area contributed by atoms with Crippen LogP contribution in [0.15, 0.2) is 12.1 Å². The highest BCUT2D eigenvalue weighted by Crippen LogP contribution is 2.26. The number of rotatable bonds is 6. The van der Waals surface area contributed by atoms with Crippen LogP contribution in [-0.4, -0.2) is 37.8 Å². The molecule has 0 spiro atoms. The average Bonchev–Trinajstić information content (AvgIpc) is 2.44. The van der Waals surface area contributed by atoms with E-state index in [0.717, 1.165) is 11.1 Å². The smallest absolute Gasteiger partial charge is 0.413 e. The first kappa shape index (κ1) is 18.8. The Morgan fingerprint density at radius 1 is 1.09 bits per heavy atom. The molecule has 126 valence electrons. The third kappa shape index (κ3) is 6.56. The van der Waals surface area contributed by atoms with Gasteiger partial charge in [-0.25, -0.2) is 9.59 Å². The zero-order valence-electron chi connectivity index (χ0n) is 13.1. The molecule has 0 fully saturated rings. The first-order valence-corrected chi connectivity index (χ1v) is 7.23. The number of aryl methyl sites for hydroxylation is 2. The lowest BCUT2D eigenvalue weighted by Gasteiger charge is -2.12. The molecule has 0 heterocycles. The monoisotopic (exact) mass is 343 g/mol. The van der Waals surface area contributed by atoms with Crippen molar-refractivity contribution >= 4 is 29.6 Å². The van der Waals surface area contributed by atoms with Crippen molar-refractivity contribution < 1.29 is 28.6 Å². The predicted octanol–water partition coefficient (Wildman–Crippen LogP) is 2.15. The van der Waals surface area contributed by atoms with Gasteiger partial charge in [0.25, 0.3) is 5.91 Å². The van der Waals surface area contributed by atoms with E-state index < -0.39 is 24.6 Å². The Balaban J connectivity index is 2.41. The van der Waals surface area contributed by atoms with Crippen molar-refractivity contribution in [1.82, 2.24) is 5.32 Å². The minimum Gasteiger partial charge on any atom is -0.481 e. The molecule has 0 unspecified atom stereocenters. The van der Waals surface area contributed by atoms with E-state index in [0.29, 0.717) is 10.8 Å². The molecule has 0 radical (unpaired) electrons. The van der Waals surface area contributed by atoms with Crippen LogP contribution in [0.25, 0.3) is 0 Å². The molecule has 1 aromatic carbocycles. The summed E-state index contributed by atoms with van der Waals surface area (Å²) in [6, 6.07) is 3.42. The highest BCUT2D eigenvalue weighted by atomic mass is 35.5. The molecule has 0 aliphatic carbocycles. The van der Waals surface area contributed by atoms with E-state index in [9.17, 15) is 14.4 Å². The van der Waals surface area contributed by atoms with Crippen molar-refractivity contribution in [2.75, 3.05) is 19.8 Å². The Kier molecular flexibility index (Phi) is 7.34. The van der Waals surface area contributed by atoms with Crippen LogP contribution >= 0.6 is 11.6 Å². The van der Waals surface area contributed by atoms with Crippen LogP contribution in [-0.2, 0) is 19.1 Å². The van der Waals surface area contributed by atoms with Gasteiger partial charge in [0, 0.05) is 5.02 Å². The summed E-state index contributed by atoms with van der Waals surface area (Å²) in [5, 5.41) is 2.48. The fourth-order valence-electron chi connectivity index (χ4n) is 1.76. The van der Waals surface area contributed by atoms with Crippen LogP contribution in [0.5, 0.6) is 5.75 Å². The normalized spacial score (nSPS) is 9.91. The predicted molar refractivity (Wildman–Crippen MR) is 82.5 cm³/mol. The number of carbonyl (C=O) groups excluding carboxylic acids is 3. The summed E-state index contributed by atoms with van der Waals surface area (Å²) < 4.78 is 14.6. The lowest BCUT2D eigenvalue weighted by molar-refractivity contribution is -0.150. The van der Waals surface area contributed by atoms with Gasteiger partial charge in [-0.3, -0.25) is 10.1 Å². The first-order valence-electron chi connectivity index (χ1n) is 6.85. The molecule has 0 saturated heterocycles. The third-order valence-corrected chi connectivity index (χ3v) is 2.86. The fraction of sp³-hybridized carbons (Fsp3) is 0.400. The highest BCUT2D eigenvalue weighted by Gasteiger charge is 2.13. The standard InChI is InChI=1S/C15H18ClNO6/c1-4-21-15(20)17-12(18)7-22-13(19)8-23-14-9(2)5-11(16)6-10(14)3/h5-6H,4,7-8H2,1-3H3,(H,17,18,20). The first-order chi connectivity index (χ1) is 10.8. The Bertz CT molecular complexity index is 579. The minimum atomic E-state index is -0.891. The molecule has 0 saturated carbocycles. The van der Waals surface area contributed by atoms with Crippen molar-refractivity contribution in [1.29, 1.82) is 0 Å².